The van der Waals surface area contributed by atoms with Gasteiger partial charge in [0.05, 0.1) is 12.1 Å². The molecule has 0 saturated heterocycles. The molecule has 0 unspecified atom stereocenters. The van der Waals surface area contributed by atoms with Crippen molar-refractivity contribution >= 4 is 33.4 Å². The lowest BCUT2D eigenvalue weighted by molar-refractivity contribution is 0.00693. The Hall–Kier alpha value is -2.40. The van der Waals surface area contributed by atoms with E-state index in [2.05, 4.69) is 22.0 Å². The van der Waals surface area contributed by atoms with Crippen LogP contribution in [0.5, 0.6) is 0 Å². The molecule has 4 nitrogen and oxygen atoms in total. The lowest BCUT2D eigenvalue weighted by Crippen LogP contribution is -2.28. The summed E-state index contributed by atoms with van der Waals surface area (Å²) >= 11 is 3.49. The molecule has 27 heavy (non-hydrogen) atoms. The topological polar surface area (TPSA) is 46.6 Å². The molecule has 0 atom stereocenters. The van der Waals surface area contributed by atoms with E-state index in [4.69, 9.17) is 4.74 Å². The van der Waals surface area contributed by atoms with E-state index < -0.39 is 11.6 Å². The Morgan fingerprint density at radius 3 is 2.30 bits per heavy atom. The van der Waals surface area contributed by atoms with Gasteiger partial charge >= 0.3 is 5.97 Å². The Bertz CT molecular complexity index is 924. The van der Waals surface area contributed by atoms with E-state index in [1.165, 1.54) is 0 Å². The number of nitrogens with zero attached hydrogens (tertiary/aromatic N) is 1. The van der Waals surface area contributed by atoms with Gasteiger partial charge in [0.15, 0.2) is 0 Å². The van der Waals surface area contributed by atoms with Crippen LogP contribution in [0.1, 0.15) is 59.5 Å². The SMILES string of the molecule is CC1=CN(C(=O)c2ccc(C(=O)OC(C)(C)C)cc2)Cc2cc(Br)ccc21. The third kappa shape index (κ3) is 4.48. The van der Waals surface area contributed by atoms with Crippen LogP contribution >= 0.6 is 15.9 Å². The summed E-state index contributed by atoms with van der Waals surface area (Å²) in [5.74, 6) is -0.496. The zero-order chi connectivity index (χ0) is 19.8. The van der Waals surface area contributed by atoms with Crippen molar-refractivity contribution in [1.29, 1.82) is 0 Å². The molecule has 0 bridgehead atoms. The molecule has 0 spiro atoms. The largest absolute Gasteiger partial charge is 0.456 e. The highest BCUT2D eigenvalue weighted by atomic mass is 79.9. The number of ether oxygens (including phenoxy) is 1. The summed E-state index contributed by atoms with van der Waals surface area (Å²) in [6, 6.07) is 12.7. The number of amides is 1. The molecule has 0 saturated carbocycles. The summed E-state index contributed by atoms with van der Waals surface area (Å²) in [5, 5.41) is 0. The third-order valence-corrected chi connectivity index (χ3v) is 4.70. The highest BCUT2D eigenvalue weighted by molar-refractivity contribution is 9.10. The third-order valence-electron chi connectivity index (χ3n) is 4.21. The van der Waals surface area contributed by atoms with Gasteiger partial charge in [-0.3, -0.25) is 4.79 Å². The van der Waals surface area contributed by atoms with Gasteiger partial charge in [-0.25, -0.2) is 4.79 Å². The molecule has 0 aromatic heterocycles. The van der Waals surface area contributed by atoms with Crippen LogP contribution in [0.2, 0.25) is 0 Å². The first kappa shape index (κ1) is 19.4. The zero-order valence-corrected chi connectivity index (χ0v) is 17.5. The van der Waals surface area contributed by atoms with E-state index in [9.17, 15) is 9.59 Å². The van der Waals surface area contributed by atoms with E-state index in [0.717, 1.165) is 21.2 Å². The normalized spacial score (nSPS) is 13.7. The molecule has 0 radical (unpaired) electrons. The van der Waals surface area contributed by atoms with Gasteiger partial charge in [-0.05, 0) is 80.8 Å². The van der Waals surface area contributed by atoms with Gasteiger partial charge in [-0.2, -0.15) is 0 Å². The molecule has 1 heterocycles. The monoisotopic (exact) mass is 427 g/mol. The number of halogens is 1. The van der Waals surface area contributed by atoms with Crippen LogP contribution < -0.4 is 0 Å². The molecule has 1 aliphatic rings. The number of rotatable bonds is 2. The highest BCUT2D eigenvalue weighted by Gasteiger charge is 2.22. The van der Waals surface area contributed by atoms with E-state index in [-0.39, 0.29) is 5.91 Å². The van der Waals surface area contributed by atoms with Gasteiger partial charge in [0, 0.05) is 16.2 Å². The van der Waals surface area contributed by atoms with Crippen LogP contribution in [-0.2, 0) is 11.3 Å². The van der Waals surface area contributed by atoms with Crippen molar-refractivity contribution in [3.05, 3.63) is 75.4 Å². The van der Waals surface area contributed by atoms with Gasteiger partial charge in [0.25, 0.3) is 5.91 Å². The maximum atomic E-state index is 12.9. The van der Waals surface area contributed by atoms with Crippen molar-refractivity contribution in [2.45, 2.75) is 39.8 Å². The summed E-state index contributed by atoms with van der Waals surface area (Å²) in [7, 11) is 0. The number of hydrogen-bond acceptors (Lipinski definition) is 3. The van der Waals surface area contributed by atoms with Gasteiger partial charge in [0.2, 0.25) is 0 Å². The van der Waals surface area contributed by atoms with E-state index in [1.807, 2.05) is 46.0 Å². The van der Waals surface area contributed by atoms with Crippen LogP contribution in [0.4, 0.5) is 0 Å². The fourth-order valence-corrected chi connectivity index (χ4v) is 3.40. The minimum absolute atomic E-state index is 0.101. The Morgan fingerprint density at radius 2 is 1.67 bits per heavy atom. The van der Waals surface area contributed by atoms with Gasteiger partial charge in [0.1, 0.15) is 5.60 Å². The Balaban J connectivity index is 1.79. The van der Waals surface area contributed by atoms with E-state index in [0.29, 0.717) is 17.7 Å². The van der Waals surface area contributed by atoms with Crippen molar-refractivity contribution in [2.24, 2.45) is 0 Å². The molecular weight excluding hydrogens is 406 g/mol. The molecule has 0 aliphatic carbocycles. The number of fused-ring (bicyclic) bond motifs is 1. The molecule has 3 rings (SSSR count). The fourth-order valence-electron chi connectivity index (χ4n) is 2.99. The van der Waals surface area contributed by atoms with Crippen molar-refractivity contribution in [2.75, 3.05) is 0 Å². The standard InChI is InChI=1S/C22H22BrNO3/c1-14-12-24(13-17-11-18(23)9-10-19(14)17)20(25)15-5-7-16(8-6-15)21(26)27-22(2,3)4/h5-12H,13H2,1-4H3. The maximum absolute atomic E-state index is 12.9. The first-order chi connectivity index (χ1) is 12.6. The Morgan fingerprint density at radius 1 is 1.04 bits per heavy atom. The molecule has 2 aromatic rings. The zero-order valence-electron chi connectivity index (χ0n) is 15.9. The van der Waals surface area contributed by atoms with Gasteiger partial charge < -0.3 is 9.64 Å². The van der Waals surface area contributed by atoms with Crippen molar-refractivity contribution < 1.29 is 14.3 Å². The molecular formula is C22H22BrNO3. The summed E-state index contributed by atoms with van der Waals surface area (Å²) in [6.45, 7) is 7.98. The van der Waals surface area contributed by atoms with Crippen LogP contribution in [0, 0.1) is 0 Å². The average molecular weight is 428 g/mol. The average Bonchev–Trinajstić information content (AvgIpc) is 2.59. The molecule has 5 heteroatoms. The summed E-state index contributed by atoms with van der Waals surface area (Å²) in [5.41, 5.74) is 3.71. The second-order valence-corrected chi connectivity index (χ2v) is 8.54. The van der Waals surface area contributed by atoms with Gasteiger partial charge in [-0.1, -0.05) is 22.0 Å². The Kier molecular flexibility index (Phi) is 5.24. The number of carbonyl (C=O) groups excluding carboxylic acids is 2. The molecule has 0 N–H and O–H groups in total. The molecule has 2 aromatic carbocycles. The summed E-state index contributed by atoms with van der Waals surface area (Å²) in [6.07, 6.45) is 1.88. The number of allylic oxidation sites excluding steroid dienone is 1. The molecule has 140 valence electrons. The minimum atomic E-state index is -0.552. The molecule has 1 aliphatic heterocycles. The second-order valence-electron chi connectivity index (χ2n) is 7.63. The lowest BCUT2D eigenvalue weighted by Gasteiger charge is -2.26. The second kappa shape index (κ2) is 7.31. The van der Waals surface area contributed by atoms with Crippen LogP contribution in [0.3, 0.4) is 0 Å². The van der Waals surface area contributed by atoms with E-state index >= 15 is 0 Å². The summed E-state index contributed by atoms with van der Waals surface area (Å²) in [4.78, 5) is 26.7. The van der Waals surface area contributed by atoms with Crippen LogP contribution in [0.25, 0.3) is 5.57 Å². The highest BCUT2D eigenvalue weighted by Crippen LogP contribution is 2.29. The quantitative estimate of drug-likeness (QED) is 0.600. The lowest BCUT2D eigenvalue weighted by atomic mass is 9.97. The minimum Gasteiger partial charge on any atom is -0.456 e. The number of benzene rings is 2. The molecule has 0 fully saturated rings. The van der Waals surface area contributed by atoms with Crippen LogP contribution in [-0.4, -0.2) is 22.4 Å². The first-order valence-corrected chi connectivity index (χ1v) is 9.55. The van der Waals surface area contributed by atoms with E-state index in [1.54, 1.807) is 29.2 Å². The summed E-state index contributed by atoms with van der Waals surface area (Å²) < 4.78 is 6.35. The predicted octanol–water partition coefficient (Wildman–Crippen LogP) is 5.42. The number of carbonyl (C=O) groups is 2. The smallest absolute Gasteiger partial charge is 0.338 e. The van der Waals surface area contributed by atoms with Crippen molar-refractivity contribution in [3.8, 4) is 0 Å². The fraction of sp³-hybridized carbons (Fsp3) is 0.273. The maximum Gasteiger partial charge on any atom is 0.338 e. The molecule has 1 amide bonds. The van der Waals surface area contributed by atoms with Crippen molar-refractivity contribution in [3.63, 3.8) is 0 Å². The first-order valence-electron chi connectivity index (χ1n) is 8.76. The van der Waals surface area contributed by atoms with Crippen molar-refractivity contribution in [1.82, 2.24) is 4.90 Å². The van der Waals surface area contributed by atoms with Gasteiger partial charge in [-0.15, -0.1) is 0 Å². The number of esters is 1. The Labute approximate surface area is 168 Å². The van der Waals surface area contributed by atoms with Crippen LogP contribution in [0.15, 0.2) is 53.1 Å². The number of hydrogen-bond donors (Lipinski definition) is 0. The predicted molar refractivity (Wildman–Crippen MR) is 109 cm³/mol.